The monoisotopic (exact) mass is 407 g/mol. The summed E-state index contributed by atoms with van der Waals surface area (Å²) in [5, 5.41) is 14.4. The van der Waals surface area contributed by atoms with Crippen molar-refractivity contribution < 1.29 is 13.7 Å². The normalized spacial score (nSPS) is 14.6. The first-order chi connectivity index (χ1) is 13.2. The average molecular weight is 408 g/mol. The van der Waals surface area contributed by atoms with Gasteiger partial charge in [0.1, 0.15) is 0 Å². The number of nitrogens with zero attached hydrogens (tertiary/aromatic N) is 5. The molecule has 0 aliphatic carbocycles. The third kappa shape index (κ3) is 4.57. The molecule has 0 spiro atoms. The van der Waals surface area contributed by atoms with Gasteiger partial charge in [-0.25, -0.2) is 4.68 Å². The van der Waals surface area contributed by atoms with Crippen LogP contribution in [-0.4, -0.2) is 43.9 Å². The molecular weight excluding hydrogens is 386 g/mol. The van der Waals surface area contributed by atoms with Crippen LogP contribution in [-0.2, 0) is 18.3 Å². The number of hydrogen-bond donors (Lipinski definition) is 2. The van der Waals surface area contributed by atoms with Crippen LogP contribution in [0.25, 0.3) is 11.6 Å². The van der Waals surface area contributed by atoms with E-state index in [-0.39, 0.29) is 24.7 Å². The molecule has 1 fully saturated rings. The first-order valence-corrected chi connectivity index (χ1v) is 8.97. The number of aromatic nitrogens is 5. The van der Waals surface area contributed by atoms with Gasteiger partial charge in [-0.1, -0.05) is 5.16 Å². The lowest BCUT2D eigenvalue weighted by molar-refractivity contribution is -0.116. The maximum atomic E-state index is 12.2. The summed E-state index contributed by atoms with van der Waals surface area (Å²) in [5.74, 6) is 2.67. The molecule has 10 nitrogen and oxygen atoms in total. The van der Waals surface area contributed by atoms with E-state index in [0.29, 0.717) is 35.8 Å². The SMILES string of the molecule is Cl.Cn1nc(C2CCNCC2)nc1NC(=O)CCc1nc(-c2ccco2)no1. The lowest BCUT2D eigenvalue weighted by atomic mass is 9.98. The summed E-state index contributed by atoms with van der Waals surface area (Å²) in [7, 11) is 1.78. The van der Waals surface area contributed by atoms with Crippen LogP contribution in [0.3, 0.4) is 0 Å². The fourth-order valence-corrected chi connectivity index (χ4v) is 3.04. The zero-order valence-corrected chi connectivity index (χ0v) is 16.2. The number of anilines is 1. The number of halogens is 1. The minimum absolute atomic E-state index is 0. The smallest absolute Gasteiger partial charge is 0.238 e. The number of carbonyl (C=O) groups excluding carboxylic acids is 1. The molecule has 3 aromatic heterocycles. The lowest BCUT2D eigenvalue weighted by Crippen LogP contribution is -2.27. The molecule has 0 atom stereocenters. The fourth-order valence-electron chi connectivity index (χ4n) is 3.04. The van der Waals surface area contributed by atoms with Crippen LogP contribution in [0, 0.1) is 0 Å². The fraction of sp³-hybridized carbons (Fsp3) is 0.471. The number of carbonyl (C=O) groups is 1. The van der Waals surface area contributed by atoms with Crippen molar-refractivity contribution in [3.8, 4) is 11.6 Å². The Labute approximate surface area is 167 Å². The number of aryl methyl sites for hydroxylation is 2. The Kier molecular flexibility index (Phi) is 6.42. The van der Waals surface area contributed by atoms with Gasteiger partial charge < -0.3 is 14.3 Å². The van der Waals surface area contributed by atoms with Crippen molar-refractivity contribution in [2.75, 3.05) is 18.4 Å². The molecule has 4 rings (SSSR count). The average Bonchev–Trinajstić information content (AvgIpc) is 3.42. The largest absolute Gasteiger partial charge is 0.461 e. The molecule has 4 heterocycles. The first-order valence-electron chi connectivity index (χ1n) is 8.97. The summed E-state index contributed by atoms with van der Waals surface area (Å²) in [6, 6.07) is 3.49. The van der Waals surface area contributed by atoms with Gasteiger partial charge in [-0.3, -0.25) is 10.1 Å². The second kappa shape index (κ2) is 8.98. The predicted octanol–water partition coefficient (Wildman–Crippen LogP) is 1.92. The molecule has 150 valence electrons. The van der Waals surface area contributed by atoms with Gasteiger partial charge >= 0.3 is 0 Å². The summed E-state index contributed by atoms with van der Waals surface area (Å²) in [4.78, 5) is 21.0. The third-order valence-corrected chi connectivity index (χ3v) is 4.51. The van der Waals surface area contributed by atoms with Crippen LogP contribution in [0.15, 0.2) is 27.3 Å². The Morgan fingerprint density at radius 2 is 2.18 bits per heavy atom. The molecule has 1 aliphatic heterocycles. The van der Waals surface area contributed by atoms with Gasteiger partial charge in [0.15, 0.2) is 11.6 Å². The molecule has 0 radical (unpaired) electrons. The Hall–Kier alpha value is -2.72. The Bertz CT molecular complexity index is 900. The van der Waals surface area contributed by atoms with E-state index in [2.05, 4.69) is 30.9 Å². The molecule has 1 saturated heterocycles. The van der Waals surface area contributed by atoms with E-state index in [1.165, 1.54) is 6.26 Å². The quantitative estimate of drug-likeness (QED) is 0.635. The predicted molar refractivity (Wildman–Crippen MR) is 102 cm³/mol. The number of amides is 1. The van der Waals surface area contributed by atoms with Crippen LogP contribution in [0.5, 0.6) is 0 Å². The molecule has 0 unspecified atom stereocenters. The standard InChI is InChI=1S/C17H21N7O3.ClH/c1-24-17(21-15(22-24)11-6-8-18-9-7-11)19-13(25)4-5-14-20-16(23-27-14)12-3-2-10-26-12;/h2-3,10-11,18H,4-9H2,1H3,(H,19,21,22,25);1H. The van der Waals surface area contributed by atoms with Crippen LogP contribution in [0.2, 0.25) is 0 Å². The maximum Gasteiger partial charge on any atom is 0.238 e. The maximum absolute atomic E-state index is 12.2. The highest BCUT2D eigenvalue weighted by atomic mass is 35.5. The van der Waals surface area contributed by atoms with E-state index >= 15 is 0 Å². The van der Waals surface area contributed by atoms with Gasteiger partial charge in [0, 0.05) is 25.8 Å². The van der Waals surface area contributed by atoms with Crippen molar-refractivity contribution in [3.63, 3.8) is 0 Å². The number of rotatable bonds is 6. The van der Waals surface area contributed by atoms with Crippen LogP contribution >= 0.6 is 12.4 Å². The number of hydrogen-bond acceptors (Lipinski definition) is 8. The van der Waals surface area contributed by atoms with Crippen LogP contribution in [0.1, 0.15) is 36.9 Å². The molecule has 28 heavy (non-hydrogen) atoms. The molecular formula is C17H22ClN7O3. The third-order valence-electron chi connectivity index (χ3n) is 4.51. The van der Waals surface area contributed by atoms with E-state index in [0.717, 1.165) is 31.8 Å². The molecule has 2 N–H and O–H groups in total. The molecule has 1 aliphatic rings. The highest BCUT2D eigenvalue weighted by molar-refractivity contribution is 5.89. The topological polar surface area (TPSA) is 124 Å². The van der Waals surface area contributed by atoms with Gasteiger partial charge in [0.2, 0.25) is 23.6 Å². The summed E-state index contributed by atoms with van der Waals surface area (Å²) in [6.45, 7) is 1.93. The van der Waals surface area contributed by atoms with Gasteiger partial charge in [-0.2, -0.15) is 15.1 Å². The number of furan rings is 1. The summed E-state index contributed by atoms with van der Waals surface area (Å²) in [5.41, 5.74) is 0. The van der Waals surface area contributed by atoms with Gasteiger partial charge in [-0.15, -0.1) is 12.4 Å². The molecule has 0 saturated carbocycles. The van der Waals surface area contributed by atoms with E-state index < -0.39 is 0 Å². The van der Waals surface area contributed by atoms with E-state index in [1.807, 2.05) is 0 Å². The Balaban J connectivity index is 0.00000225. The molecule has 0 aromatic carbocycles. The Morgan fingerprint density at radius 3 is 2.93 bits per heavy atom. The zero-order chi connectivity index (χ0) is 18.6. The summed E-state index contributed by atoms with van der Waals surface area (Å²) >= 11 is 0. The zero-order valence-electron chi connectivity index (χ0n) is 15.4. The van der Waals surface area contributed by atoms with Crippen molar-refractivity contribution in [2.45, 2.75) is 31.6 Å². The molecule has 11 heteroatoms. The highest BCUT2D eigenvalue weighted by Crippen LogP contribution is 2.23. The second-order valence-electron chi connectivity index (χ2n) is 6.48. The first kappa shape index (κ1) is 20.0. The van der Waals surface area contributed by atoms with E-state index in [4.69, 9.17) is 8.94 Å². The second-order valence-corrected chi connectivity index (χ2v) is 6.48. The molecule has 3 aromatic rings. The van der Waals surface area contributed by atoms with Crippen molar-refractivity contribution in [2.24, 2.45) is 7.05 Å². The molecule has 0 bridgehead atoms. The van der Waals surface area contributed by atoms with Gasteiger partial charge in [-0.05, 0) is 38.1 Å². The van der Waals surface area contributed by atoms with Gasteiger partial charge in [0.25, 0.3) is 0 Å². The van der Waals surface area contributed by atoms with Crippen molar-refractivity contribution in [3.05, 3.63) is 30.1 Å². The highest BCUT2D eigenvalue weighted by Gasteiger charge is 2.21. The van der Waals surface area contributed by atoms with Crippen molar-refractivity contribution in [1.82, 2.24) is 30.2 Å². The summed E-state index contributed by atoms with van der Waals surface area (Å²) in [6.07, 6.45) is 4.09. The Morgan fingerprint density at radius 1 is 1.36 bits per heavy atom. The van der Waals surface area contributed by atoms with Crippen molar-refractivity contribution >= 4 is 24.3 Å². The van der Waals surface area contributed by atoms with E-state index in [9.17, 15) is 4.79 Å². The van der Waals surface area contributed by atoms with Crippen LogP contribution in [0.4, 0.5) is 5.95 Å². The summed E-state index contributed by atoms with van der Waals surface area (Å²) < 4.78 is 12.0. The minimum Gasteiger partial charge on any atom is -0.461 e. The molecule has 1 amide bonds. The van der Waals surface area contributed by atoms with Gasteiger partial charge in [0.05, 0.1) is 6.26 Å². The number of nitrogens with one attached hydrogen (secondary N) is 2. The number of piperidine rings is 1. The van der Waals surface area contributed by atoms with Crippen LogP contribution < -0.4 is 10.6 Å². The lowest BCUT2D eigenvalue weighted by Gasteiger charge is -2.19. The van der Waals surface area contributed by atoms with E-state index in [1.54, 1.807) is 23.9 Å². The minimum atomic E-state index is -0.180. The van der Waals surface area contributed by atoms with Crippen molar-refractivity contribution in [1.29, 1.82) is 0 Å².